The third kappa shape index (κ3) is 3.55. The van der Waals surface area contributed by atoms with Crippen molar-refractivity contribution < 1.29 is 9.53 Å². The second-order valence-corrected chi connectivity index (χ2v) is 6.16. The number of rotatable bonds is 7. The Bertz CT molecular complexity index is 645. The third-order valence-electron chi connectivity index (χ3n) is 4.60. The molecule has 1 aliphatic rings. The van der Waals surface area contributed by atoms with E-state index in [0.29, 0.717) is 0 Å². The van der Waals surface area contributed by atoms with Crippen LogP contribution in [-0.4, -0.2) is 19.6 Å². The van der Waals surface area contributed by atoms with Gasteiger partial charge in [0.2, 0.25) is 5.91 Å². The number of ether oxygens (including phenoxy) is 1. The zero-order chi connectivity index (χ0) is 16.1. The molecule has 1 N–H and O–H groups in total. The van der Waals surface area contributed by atoms with E-state index in [1.807, 2.05) is 30.3 Å². The van der Waals surface area contributed by atoms with E-state index >= 15 is 0 Å². The van der Waals surface area contributed by atoms with E-state index in [0.717, 1.165) is 43.5 Å². The zero-order valence-electron chi connectivity index (χ0n) is 13.5. The highest BCUT2D eigenvalue weighted by Gasteiger charge is 2.50. The molecule has 0 heterocycles. The molecule has 0 aromatic heterocycles. The van der Waals surface area contributed by atoms with Crippen LogP contribution >= 0.6 is 0 Å². The first kappa shape index (κ1) is 15.6. The zero-order valence-corrected chi connectivity index (χ0v) is 13.5. The van der Waals surface area contributed by atoms with Crippen molar-refractivity contribution in [3.05, 3.63) is 65.7 Å². The number of carbonyl (C=O) groups is 1. The first-order chi connectivity index (χ1) is 11.2. The Kier molecular flexibility index (Phi) is 4.65. The van der Waals surface area contributed by atoms with Crippen molar-refractivity contribution in [2.75, 3.05) is 13.7 Å². The van der Waals surface area contributed by atoms with Gasteiger partial charge in [-0.15, -0.1) is 0 Å². The Morgan fingerprint density at radius 1 is 1.09 bits per heavy atom. The highest BCUT2D eigenvalue weighted by molar-refractivity contribution is 5.91. The smallest absolute Gasteiger partial charge is 0.230 e. The van der Waals surface area contributed by atoms with Crippen LogP contribution in [0.15, 0.2) is 54.6 Å². The normalized spacial score (nSPS) is 15.0. The topological polar surface area (TPSA) is 38.3 Å². The molecule has 3 nitrogen and oxygen atoms in total. The van der Waals surface area contributed by atoms with Gasteiger partial charge in [-0.1, -0.05) is 42.5 Å². The molecule has 1 aliphatic carbocycles. The minimum absolute atomic E-state index is 0.163. The molecule has 1 saturated carbocycles. The van der Waals surface area contributed by atoms with Crippen molar-refractivity contribution in [1.82, 2.24) is 5.32 Å². The van der Waals surface area contributed by atoms with Crippen LogP contribution in [-0.2, 0) is 16.6 Å². The van der Waals surface area contributed by atoms with Crippen LogP contribution in [0.4, 0.5) is 0 Å². The van der Waals surface area contributed by atoms with Gasteiger partial charge < -0.3 is 10.1 Å². The summed E-state index contributed by atoms with van der Waals surface area (Å²) in [7, 11) is 1.65. The molecular weight excluding hydrogens is 286 g/mol. The Morgan fingerprint density at radius 2 is 1.78 bits per heavy atom. The van der Waals surface area contributed by atoms with Gasteiger partial charge in [-0.25, -0.2) is 0 Å². The number of methoxy groups -OCH3 is 1. The summed E-state index contributed by atoms with van der Waals surface area (Å²) in [6.07, 6.45) is 3.83. The SMILES string of the molecule is COc1ccc(C2(C(=O)NCCCc3ccccc3)CC2)cc1. The molecular formula is C20H23NO2. The highest BCUT2D eigenvalue weighted by Crippen LogP contribution is 2.48. The molecule has 3 rings (SSSR count). The van der Waals surface area contributed by atoms with Gasteiger partial charge in [0, 0.05) is 6.54 Å². The fourth-order valence-corrected chi connectivity index (χ4v) is 2.99. The maximum atomic E-state index is 12.6. The largest absolute Gasteiger partial charge is 0.497 e. The van der Waals surface area contributed by atoms with Crippen LogP contribution in [0.3, 0.4) is 0 Å². The Labute approximate surface area is 137 Å². The average Bonchev–Trinajstić information content (AvgIpc) is 3.41. The minimum atomic E-state index is -0.307. The standard InChI is InChI=1S/C20H23NO2/c1-23-18-11-9-17(10-12-18)20(13-14-20)19(22)21-15-5-8-16-6-3-2-4-7-16/h2-4,6-7,9-12H,5,8,13-15H2,1H3,(H,21,22). The lowest BCUT2D eigenvalue weighted by Crippen LogP contribution is -2.35. The number of benzene rings is 2. The number of nitrogens with one attached hydrogen (secondary N) is 1. The third-order valence-corrected chi connectivity index (χ3v) is 4.60. The van der Waals surface area contributed by atoms with Gasteiger partial charge in [-0.2, -0.15) is 0 Å². The molecule has 0 atom stereocenters. The number of amides is 1. The van der Waals surface area contributed by atoms with Gasteiger partial charge in [0.25, 0.3) is 0 Å². The van der Waals surface area contributed by atoms with Crippen LogP contribution in [0.5, 0.6) is 5.75 Å². The molecule has 1 fully saturated rings. The summed E-state index contributed by atoms with van der Waals surface area (Å²) < 4.78 is 5.18. The fourth-order valence-electron chi connectivity index (χ4n) is 2.99. The summed E-state index contributed by atoms with van der Waals surface area (Å²) in [6, 6.07) is 18.3. The van der Waals surface area contributed by atoms with Gasteiger partial charge in [0.15, 0.2) is 0 Å². The second-order valence-electron chi connectivity index (χ2n) is 6.16. The van der Waals surface area contributed by atoms with Gasteiger partial charge in [0.05, 0.1) is 12.5 Å². The number of carbonyl (C=O) groups excluding carboxylic acids is 1. The summed E-state index contributed by atoms with van der Waals surface area (Å²) in [5.74, 6) is 0.989. The van der Waals surface area contributed by atoms with Crippen molar-refractivity contribution in [3.8, 4) is 5.75 Å². The van der Waals surface area contributed by atoms with E-state index in [2.05, 4.69) is 29.6 Å². The molecule has 0 aliphatic heterocycles. The van der Waals surface area contributed by atoms with Crippen molar-refractivity contribution in [1.29, 1.82) is 0 Å². The minimum Gasteiger partial charge on any atom is -0.497 e. The molecule has 0 bridgehead atoms. The fraction of sp³-hybridized carbons (Fsp3) is 0.350. The van der Waals surface area contributed by atoms with E-state index in [-0.39, 0.29) is 11.3 Å². The molecule has 0 unspecified atom stereocenters. The molecule has 0 radical (unpaired) electrons. The molecule has 3 heteroatoms. The number of hydrogen-bond acceptors (Lipinski definition) is 2. The quantitative estimate of drug-likeness (QED) is 0.795. The number of hydrogen-bond donors (Lipinski definition) is 1. The Morgan fingerprint density at radius 3 is 2.39 bits per heavy atom. The van der Waals surface area contributed by atoms with Crippen molar-refractivity contribution in [2.45, 2.75) is 31.1 Å². The van der Waals surface area contributed by atoms with Gasteiger partial charge >= 0.3 is 0 Å². The first-order valence-corrected chi connectivity index (χ1v) is 8.21. The maximum Gasteiger partial charge on any atom is 0.230 e. The monoisotopic (exact) mass is 309 g/mol. The van der Waals surface area contributed by atoms with Crippen LogP contribution in [0.25, 0.3) is 0 Å². The Hall–Kier alpha value is -2.29. The molecule has 23 heavy (non-hydrogen) atoms. The predicted molar refractivity (Wildman–Crippen MR) is 91.7 cm³/mol. The molecule has 120 valence electrons. The molecule has 1 amide bonds. The lowest BCUT2D eigenvalue weighted by Gasteiger charge is -2.16. The van der Waals surface area contributed by atoms with E-state index in [1.54, 1.807) is 7.11 Å². The van der Waals surface area contributed by atoms with Crippen LogP contribution < -0.4 is 10.1 Å². The van der Waals surface area contributed by atoms with Crippen molar-refractivity contribution in [3.63, 3.8) is 0 Å². The lowest BCUT2D eigenvalue weighted by atomic mass is 9.95. The van der Waals surface area contributed by atoms with E-state index in [9.17, 15) is 4.79 Å². The van der Waals surface area contributed by atoms with E-state index in [1.165, 1.54) is 5.56 Å². The predicted octanol–water partition coefficient (Wildman–Crippen LogP) is 3.48. The molecule has 2 aromatic carbocycles. The summed E-state index contributed by atoms with van der Waals surface area (Å²) in [5, 5.41) is 3.11. The maximum absolute atomic E-state index is 12.6. The molecule has 2 aromatic rings. The van der Waals surface area contributed by atoms with Gasteiger partial charge in [0.1, 0.15) is 5.75 Å². The summed E-state index contributed by atoms with van der Waals surface area (Å²) >= 11 is 0. The lowest BCUT2D eigenvalue weighted by molar-refractivity contribution is -0.123. The highest BCUT2D eigenvalue weighted by atomic mass is 16.5. The van der Waals surface area contributed by atoms with Gasteiger partial charge in [-0.05, 0) is 48.9 Å². The van der Waals surface area contributed by atoms with E-state index < -0.39 is 0 Å². The van der Waals surface area contributed by atoms with Crippen molar-refractivity contribution >= 4 is 5.91 Å². The van der Waals surface area contributed by atoms with Gasteiger partial charge in [-0.3, -0.25) is 4.79 Å². The van der Waals surface area contributed by atoms with Crippen LogP contribution in [0, 0.1) is 0 Å². The van der Waals surface area contributed by atoms with Crippen LogP contribution in [0.2, 0.25) is 0 Å². The first-order valence-electron chi connectivity index (χ1n) is 8.21. The number of aryl methyl sites for hydroxylation is 1. The molecule has 0 saturated heterocycles. The van der Waals surface area contributed by atoms with E-state index in [4.69, 9.17) is 4.74 Å². The summed E-state index contributed by atoms with van der Waals surface area (Å²) in [4.78, 5) is 12.6. The summed E-state index contributed by atoms with van der Waals surface area (Å²) in [6.45, 7) is 0.728. The average molecular weight is 309 g/mol. The summed E-state index contributed by atoms with van der Waals surface area (Å²) in [5.41, 5.74) is 2.11. The van der Waals surface area contributed by atoms with Crippen molar-refractivity contribution in [2.24, 2.45) is 0 Å². The molecule has 0 spiro atoms. The van der Waals surface area contributed by atoms with Crippen LogP contribution in [0.1, 0.15) is 30.4 Å². The second kappa shape index (κ2) is 6.86. The Balaban J connectivity index is 1.51.